The number of rotatable bonds is 7. The highest BCUT2D eigenvalue weighted by Crippen LogP contribution is 2.15. The van der Waals surface area contributed by atoms with Gasteiger partial charge in [-0.1, -0.05) is 25.1 Å². The van der Waals surface area contributed by atoms with Gasteiger partial charge in [-0.25, -0.2) is 0 Å². The van der Waals surface area contributed by atoms with Crippen LogP contribution in [0.2, 0.25) is 0 Å². The van der Waals surface area contributed by atoms with Crippen LogP contribution in [0.1, 0.15) is 23.8 Å². The van der Waals surface area contributed by atoms with E-state index in [2.05, 4.69) is 76.6 Å². The Balaban J connectivity index is 1.98. The Bertz CT molecular complexity index is 464. The molecule has 0 fully saturated rings. The number of hydrogen-bond acceptors (Lipinski definition) is 2. The van der Waals surface area contributed by atoms with E-state index in [0.29, 0.717) is 6.04 Å². The van der Waals surface area contributed by atoms with Crippen molar-refractivity contribution in [2.45, 2.75) is 32.2 Å². The molecule has 0 aliphatic heterocycles. The highest BCUT2D eigenvalue weighted by Gasteiger charge is 2.10. The minimum absolute atomic E-state index is 0.540. The van der Waals surface area contributed by atoms with E-state index in [1.165, 1.54) is 20.4 Å². The zero-order valence-electron chi connectivity index (χ0n) is 11.2. The molecule has 0 aliphatic carbocycles. The lowest BCUT2D eigenvalue weighted by atomic mass is 10.0. The molecule has 2 aromatic rings. The van der Waals surface area contributed by atoms with E-state index in [0.717, 1.165) is 19.4 Å². The molecule has 0 radical (unpaired) electrons. The van der Waals surface area contributed by atoms with E-state index < -0.39 is 0 Å². The van der Waals surface area contributed by atoms with Crippen LogP contribution in [0.25, 0.3) is 0 Å². The van der Waals surface area contributed by atoms with E-state index in [1.54, 1.807) is 0 Å². The van der Waals surface area contributed by atoms with Gasteiger partial charge in [-0.3, -0.25) is 0 Å². The summed E-state index contributed by atoms with van der Waals surface area (Å²) >= 11 is 4.21. The Morgan fingerprint density at radius 1 is 1.16 bits per heavy atom. The fourth-order valence-electron chi connectivity index (χ4n) is 2.14. The zero-order valence-corrected chi connectivity index (χ0v) is 14.2. The first kappa shape index (κ1) is 15.0. The maximum Gasteiger partial charge on any atom is 0.0156 e. The normalized spacial score (nSPS) is 12.5. The molecule has 0 bridgehead atoms. The second kappa shape index (κ2) is 8.02. The lowest BCUT2D eigenvalue weighted by Crippen LogP contribution is -2.33. The highest BCUT2D eigenvalue weighted by molar-refractivity contribution is 14.1. The number of benzene rings is 1. The first-order valence-electron chi connectivity index (χ1n) is 6.78. The van der Waals surface area contributed by atoms with E-state index in [4.69, 9.17) is 0 Å². The van der Waals surface area contributed by atoms with Crippen LogP contribution in [-0.2, 0) is 12.8 Å². The van der Waals surface area contributed by atoms with Crippen LogP contribution in [0, 0.1) is 3.57 Å². The van der Waals surface area contributed by atoms with Gasteiger partial charge in [0, 0.05) is 14.5 Å². The van der Waals surface area contributed by atoms with Gasteiger partial charge in [0.05, 0.1) is 0 Å². The number of halogens is 1. The highest BCUT2D eigenvalue weighted by atomic mass is 127. The first-order chi connectivity index (χ1) is 9.28. The summed E-state index contributed by atoms with van der Waals surface area (Å²) in [4.78, 5) is 1.47. The minimum Gasteiger partial charge on any atom is -0.313 e. The van der Waals surface area contributed by atoms with E-state index >= 15 is 0 Å². The van der Waals surface area contributed by atoms with E-state index in [1.807, 2.05) is 11.3 Å². The average Bonchev–Trinajstić information content (AvgIpc) is 2.91. The molecule has 0 saturated carbocycles. The molecule has 19 heavy (non-hydrogen) atoms. The van der Waals surface area contributed by atoms with Gasteiger partial charge in [-0.15, -0.1) is 11.3 Å². The summed E-state index contributed by atoms with van der Waals surface area (Å²) in [6, 6.07) is 13.8. The third kappa shape index (κ3) is 5.24. The largest absolute Gasteiger partial charge is 0.313 e. The molecule has 1 aromatic carbocycles. The fourth-order valence-corrected chi connectivity index (χ4v) is 3.29. The summed E-state index contributed by atoms with van der Waals surface area (Å²) in [6.07, 6.45) is 3.42. The zero-order chi connectivity index (χ0) is 13.5. The lowest BCUT2D eigenvalue weighted by Gasteiger charge is -2.18. The van der Waals surface area contributed by atoms with Crippen LogP contribution >= 0.6 is 33.9 Å². The number of thiophene rings is 1. The van der Waals surface area contributed by atoms with Crippen molar-refractivity contribution < 1.29 is 0 Å². The summed E-state index contributed by atoms with van der Waals surface area (Å²) in [7, 11) is 0. The van der Waals surface area contributed by atoms with Gasteiger partial charge < -0.3 is 5.32 Å². The molecular weight excluding hydrogens is 365 g/mol. The van der Waals surface area contributed by atoms with Gasteiger partial charge in [0.25, 0.3) is 0 Å². The molecule has 1 aromatic heterocycles. The van der Waals surface area contributed by atoms with Crippen LogP contribution in [0.5, 0.6) is 0 Å². The average molecular weight is 385 g/mol. The molecule has 3 heteroatoms. The standard InChI is InChI=1S/C16H20INS/c1-2-9-18-15(12-16-4-3-10-19-16)11-13-5-7-14(17)8-6-13/h3-8,10,15,18H,2,9,11-12H2,1H3. The molecule has 102 valence electrons. The maximum absolute atomic E-state index is 3.68. The van der Waals surface area contributed by atoms with E-state index in [9.17, 15) is 0 Å². The van der Waals surface area contributed by atoms with Crippen molar-refractivity contribution >= 4 is 33.9 Å². The monoisotopic (exact) mass is 385 g/mol. The molecule has 0 amide bonds. The van der Waals surface area contributed by atoms with Gasteiger partial charge in [0.15, 0.2) is 0 Å². The van der Waals surface area contributed by atoms with Gasteiger partial charge in [0.1, 0.15) is 0 Å². The Labute approximate surface area is 133 Å². The second-order valence-electron chi connectivity index (χ2n) is 4.77. The second-order valence-corrected chi connectivity index (χ2v) is 7.04. The number of nitrogens with one attached hydrogen (secondary N) is 1. The van der Waals surface area contributed by atoms with Gasteiger partial charge >= 0.3 is 0 Å². The molecule has 0 saturated heterocycles. The third-order valence-corrected chi connectivity index (χ3v) is 4.72. The van der Waals surface area contributed by atoms with Crippen LogP contribution in [0.3, 0.4) is 0 Å². The Hall–Kier alpha value is -0.390. The molecule has 1 N–H and O–H groups in total. The Kier molecular flexibility index (Phi) is 6.34. The Morgan fingerprint density at radius 3 is 2.58 bits per heavy atom. The fraction of sp³-hybridized carbons (Fsp3) is 0.375. The van der Waals surface area contributed by atoms with Crippen LogP contribution in [0.15, 0.2) is 41.8 Å². The summed E-state index contributed by atoms with van der Waals surface area (Å²) in [5.41, 5.74) is 1.42. The first-order valence-corrected chi connectivity index (χ1v) is 8.74. The predicted octanol–water partition coefficient (Wildman–Crippen LogP) is 4.51. The quantitative estimate of drug-likeness (QED) is 0.692. The third-order valence-electron chi connectivity index (χ3n) is 3.11. The molecule has 2 rings (SSSR count). The van der Waals surface area contributed by atoms with Crippen molar-refractivity contribution in [1.29, 1.82) is 0 Å². The molecule has 0 spiro atoms. The molecule has 1 nitrogen and oxygen atoms in total. The van der Waals surface area contributed by atoms with Crippen molar-refractivity contribution in [3.05, 3.63) is 55.8 Å². The molecule has 0 aliphatic rings. The molecule has 1 unspecified atom stereocenters. The lowest BCUT2D eigenvalue weighted by molar-refractivity contribution is 0.507. The van der Waals surface area contributed by atoms with E-state index in [-0.39, 0.29) is 0 Å². The maximum atomic E-state index is 3.68. The van der Waals surface area contributed by atoms with Crippen molar-refractivity contribution in [1.82, 2.24) is 5.32 Å². The van der Waals surface area contributed by atoms with Crippen molar-refractivity contribution in [2.75, 3.05) is 6.54 Å². The topological polar surface area (TPSA) is 12.0 Å². The Morgan fingerprint density at radius 2 is 1.95 bits per heavy atom. The summed E-state index contributed by atoms with van der Waals surface area (Å²) < 4.78 is 1.30. The van der Waals surface area contributed by atoms with Crippen molar-refractivity contribution in [3.8, 4) is 0 Å². The summed E-state index contributed by atoms with van der Waals surface area (Å²) in [5, 5.41) is 5.84. The van der Waals surface area contributed by atoms with Crippen molar-refractivity contribution in [3.63, 3.8) is 0 Å². The molecule has 1 atom stereocenters. The summed E-state index contributed by atoms with van der Waals surface area (Å²) in [5.74, 6) is 0. The smallest absolute Gasteiger partial charge is 0.0156 e. The summed E-state index contributed by atoms with van der Waals surface area (Å²) in [6.45, 7) is 3.32. The van der Waals surface area contributed by atoms with Gasteiger partial charge in [-0.05, 0) is 77.5 Å². The molecular formula is C16H20INS. The predicted molar refractivity (Wildman–Crippen MR) is 93.0 cm³/mol. The molecule has 1 heterocycles. The van der Waals surface area contributed by atoms with Gasteiger partial charge in [-0.2, -0.15) is 0 Å². The van der Waals surface area contributed by atoms with Crippen molar-refractivity contribution in [2.24, 2.45) is 0 Å². The van der Waals surface area contributed by atoms with Gasteiger partial charge in [0.2, 0.25) is 0 Å². The van der Waals surface area contributed by atoms with Crippen LogP contribution in [0.4, 0.5) is 0 Å². The van der Waals surface area contributed by atoms with Crippen LogP contribution < -0.4 is 5.32 Å². The minimum atomic E-state index is 0.540. The van der Waals surface area contributed by atoms with Crippen LogP contribution in [-0.4, -0.2) is 12.6 Å². The SMILES string of the molecule is CCCNC(Cc1ccc(I)cc1)Cc1cccs1. The number of hydrogen-bond donors (Lipinski definition) is 1.